The zero-order valence-electron chi connectivity index (χ0n) is 13.1. The molecule has 0 heterocycles. The summed E-state index contributed by atoms with van der Waals surface area (Å²) < 4.78 is 10.8. The van der Waals surface area contributed by atoms with Crippen molar-refractivity contribution in [1.82, 2.24) is 0 Å². The van der Waals surface area contributed by atoms with E-state index in [9.17, 15) is 4.79 Å². The first-order valence-corrected chi connectivity index (χ1v) is 7.45. The number of unbranched alkanes of at least 4 members (excludes halogenated alkanes) is 1. The Morgan fingerprint density at radius 1 is 1.25 bits per heavy atom. The van der Waals surface area contributed by atoms with Gasteiger partial charge in [-0.25, -0.2) is 4.79 Å². The first kappa shape index (κ1) is 16.5. The smallest absolute Gasteiger partial charge is 0.341 e. The summed E-state index contributed by atoms with van der Waals surface area (Å²) in [7, 11) is 0. The lowest BCUT2D eigenvalue weighted by atomic mass is 10.1. The lowest BCUT2D eigenvalue weighted by Crippen LogP contribution is -2.09. The lowest BCUT2D eigenvalue weighted by Gasteiger charge is -2.12. The van der Waals surface area contributed by atoms with E-state index < -0.39 is 0 Å². The molecule has 0 amide bonds. The second-order valence-electron chi connectivity index (χ2n) is 5.46. The van der Waals surface area contributed by atoms with Crippen molar-refractivity contribution >= 4 is 5.97 Å². The fourth-order valence-electron chi connectivity index (χ4n) is 1.96. The van der Waals surface area contributed by atoms with Crippen LogP contribution in [-0.2, 0) is 4.74 Å². The van der Waals surface area contributed by atoms with Gasteiger partial charge in [-0.15, -0.1) is 0 Å². The molecule has 1 aromatic carbocycles. The highest BCUT2D eigenvalue weighted by molar-refractivity contribution is 5.92. The molecule has 0 aliphatic rings. The maximum Gasteiger partial charge on any atom is 0.341 e. The fraction of sp³-hybridized carbons (Fsp3) is 0.588. The van der Waals surface area contributed by atoms with Crippen molar-refractivity contribution in [2.75, 3.05) is 13.2 Å². The summed E-state index contributed by atoms with van der Waals surface area (Å²) in [5.74, 6) is 1.04. The number of rotatable bonds is 8. The van der Waals surface area contributed by atoms with Gasteiger partial charge in [0.1, 0.15) is 11.3 Å². The standard InChI is InChI=1S/C17H26O3/c1-5-19-17(18)15-10-9-14(4)12-16(15)20-11-7-6-8-13(2)3/h9-10,12-13H,5-8,11H2,1-4H3. The van der Waals surface area contributed by atoms with E-state index in [4.69, 9.17) is 9.47 Å². The molecular weight excluding hydrogens is 252 g/mol. The Morgan fingerprint density at radius 2 is 2.00 bits per heavy atom. The Kier molecular flexibility index (Phi) is 7.13. The van der Waals surface area contributed by atoms with Gasteiger partial charge in [0.05, 0.1) is 13.2 Å². The molecule has 0 aliphatic heterocycles. The van der Waals surface area contributed by atoms with E-state index in [2.05, 4.69) is 13.8 Å². The van der Waals surface area contributed by atoms with Gasteiger partial charge in [0.25, 0.3) is 0 Å². The van der Waals surface area contributed by atoms with Gasteiger partial charge in [-0.1, -0.05) is 26.3 Å². The molecule has 0 radical (unpaired) electrons. The molecule has 3 heteroatoms. The minimum absolute atomic E-state index is 0.315. The van der Waals surface area contributed by atoms with Crippen molar-refractivity contribution in [2.24, 2.45) is 5.92 Å². The third-order valence-electron chi connectivity index (χ3n) is 3.07. The third-order valence-corrected chi connectivity index (χ3v) is 3.07. The molecule has 1 rings (SSSR count). The van der Waals surface area contributed by atoms with E-state index in [0.29, 0.717) is 24.5 Å². The molecule has 0 saturated carbocycles. The Bertz CT molecular complexity index is 424. The largest absolute Gasteiger partial charge is 0.493 e. The second-order valence-corrected chi connectivity index (χ2v) is 5.46. The summed E-state index contributed by atoms with van der Waals surface area (Å²) in [6, 6.07) is 5.57. The number of ether oxygens (including phenoxy) is 2. The lowest BCUT2D eigenvalue weighted by molar-refractivity contribution is 0.0521. The second kappa shape index (κ2) is 8.62. The molecule has 0 unspecified atom stereocenters. The van der Waals surface area contributed by atoms with Gasteiger partial charge < -0.3 is 9.47 Å². The fourth-order valence-corrected chi connectivity index (χ4v) is 1.96. The van der Waals surface area contributed by atoms with Crippen LogP contribution in [0.3, 0.4) is 0 Å². The van der Waals surface area contributed by atoms with Crippen LogP contribution >= 0.6 is 0 Å². The van der Waals surface area contributed by atoms with Crippen molar-refractivity contribution in [3.63, 3.8) is 0 Å². The molecule has 0 aromatic heterocycles. The minimum Gasteiger partial charge on any atom is -0.493 e. The normalized spacial score (nSPS) is 10.7. The molecule has 0 atom stereocenters. The zero-order chi connectivity index (χ0) is 15.0. The van der Waals surface area contributed by atoms with Crippen LogP contribution in [0.15, 0.2) is 18.2 Å². The van der Waals surface area contributed by atoms with Crippen LogP contribution in [0.4, 0.5) is 0 Å². The predicted molar refractivity (Wildman–Crippen MR) is 81.3 cm³/mol. The van der Waals surface area contributed by atoms with Crippen LogP contribution in [0.1, 0.15) is 56.0 Å². The Balaban J connectivity index is 2.58. The first-order chi connectivity index (χ1) is 9.54. The van der Waals surface area contributed by atoms with Crippen LogP contribution in [0, 0.1) is 12.8 Å². The molecular formula is C17H26O3. The first-order valence-electron chi connectivity index (χ1n) is 7.45. The maximum absolute atomic E-state index is 11.9. The molecule has 1 aromatic rings. The monoisotopic (exact) mass is 278 g/mol. The van der Waals surface area contributed by atoms with Gasteiger partial charge in [-0.05, 0) is 50.3 Å². The Hall–Kier alpha value is -1.51. The van der Waals surface area contributed by atoms with Crippen LogP contribution in [0.5, 0.6) is 5.75 Å². The van der Waals surface area contributed by atoms with Gasteiger partial charge in [0.2, 0.25) is 0 Å². The number of benzene rings is 1. The van der Waals surface area contributed by atoms with Crippen molar-refractivity contribution in [2.45, 2.75) is 47.0 Å². The summed E-state index contributed by atoms with van der Waals surface area (Å²) >= 11 is 0. The quantitative estimate of drug-likeness (QED) is 0.523. The van der Waals surface area contributed by atoms with Crippen molar-refractivity contribution < 1.29 is 14.3 Å². The molecule has 3 nitrogen and oxygen atoms in total. The van der Waals surface area contributed by atoms with Gasteiger partial charge in [0, 0.05) is 0 Å². The summed E-state index contributed by atoms with van der Waals surface area (Å²) in [5.41, 5.74) is 1.59. The molecule has 20 heavy (non-hydrogen) atoms. The molecule has 0 aliphatic carbocycles. The average molecular weight is 278 g/mol. The highest BCUT2D eigenvalue weighted by Gasteiger charge is 2.13. The summed E-state index contributed by atoms with van der Waals surface area (Å²) in [6.07, 6.45) is 3.37. The molecule has 0 bridgehead atoms. The molecule has 0 fully saturated rings. The third kappa shape index (κ3) is 5.64. The Morgan fingerprint density at radius 3 is 2.65 bits per heavy atom. The molecule has 0 saturated heterocycles. The van der Waals surface area contributed by atoms with Gasteiger partial charge in [-0.3, -0.25) is 0 Å². The number of hydrogen-bond donors (Lipinski definition) is 0. The summed E-state index contributed by atoms with van der Waals surface area (Å²) in [6.45, 7) is 9.25. The number of esters is 1. The summed E-state index contributed by atoms with van der Waals surface area (Å²) in [5, 5.41) is 0. The van der Waals surface area contributed by atoms with Crippen molar-refractivity contribution in [3.05, 3.63) is 29.3 Å². The van der Waals surface area contributed by atoms with E-state index in [1.165, 1.54) is 6.42 Å². The van der Waals surface area contributed by atoms with Gasteiger partial charge >= 0.3 is 5.97 Å². The van der Waals surface area contributed by atoms with Crippen molar-refractivity contribution in [1.29, 1.82) is 0 Å². The Labute approximate surface area is 122 Å². The van der Waals surface area contributed by atoms with Crippen LogP contribution in [-0.4, -0.2) is 19.2 Å². The zero-order valence-corrected chi connectivity index (χ0v) is 13.1. The molecule has 0 N–H and O–H groups in total. The van der Waals surface area contributed by atoms with E-state index in [0.717, 1.165) is 24.3 Å². The van der Waals surface area contributed by atoms with Crippen LogP contribution in [0.2, 0.25) is 0 Å². The SMILES string of the molecule is CCOC(=O)c1ccc(C)cc1OCCCCC(C)C. The average Bonchev–Trinajstić information content (AvgIpc) is 2.38. The van der Waals surface area contributed by atoms with E-state index >= 15 is 0 Å². The molecule has 0 spiro atoms. The highest BCUT2D eigenvalue weighted by atomic mass is 16.5. The van der Waals surface area contributed by atoms with Gasteiger partial charge in [-0.2, -0.15) is 0 Å². The van der Waals surface area contributed by atoms with E-state index in [1.807, 2.05) is 19.1 Å². The van der Waals surface area contributed by atoms with E-state index in [1.54, 1.807) is 13.0 Å². The number of hydrogen-bond acceptors (Lipinski definition) is 3. The topological polar surface area (TPSA) is 35.5 Å². The number of aryl methyl sites for hydroxylation is 1. The van der Waals surface area contributed by atoms with Crippen LogP contribution in [0.25, 0.3) is 0 Å². The minimum atomic E-state index is -0.315. The number of carbonyl (C=O) groups excluding carboxylic acids is 1. The maximum atomic E-state index is 11.9. The van der Waals surface area contributed by atoms with E-state index in [-0.39, 0.29) is 5.97 Å². The van der Waals surface area contributed by atoms with Crippen LogP contribution < -0.4 is 4.74 Å². The number of carbonyl (C=O) groups is 1. The summed E-state index contributed by atoms with van der Waals surface area (Å²) in [4.78, 5) is 11.9. The molecule has 112 valence electrons. The van der Waals surface area contributed by atoms with Crippen molar-refractivity contribution in [3.8, 4) is 5.75 Å². The predicted octanol–water partition coefficient (Wildman–Crippen LogP) is 4.38. The van der Waals surface area contributed by atoms with Gasteiger partial charge in [0.15, 0.2) is 0 Å². The highest BCUT2D eigenvalue weighted by Crippen LogP contribution is 2.22.